The van der Waals surface area contributed by atoms with Crippen LogP contribution < -0.4 is 5.32 Å². The van der Waals surface area contributed by atoms with Crippen LogP contribution in [0.5, 0.6) is 0 Å². The van der Waals surface area contributed by atoms with Crippen molar-refractivity contribution in [2.45, 2.75) is 6.42 Å². The third-order valence-electron chi connectivity index (χ3n) is 5.61. The number of thiophene rings is 1. The van der Waals surface area contributed by atoms with E-state index in [9.17, 15) is 4.39 Å². The molecule has 5 aromatic rings. The van der Waals surface area contributed by atoms with Crippen LogP contribution in [0.1, 0.15) is 12.0 Å². The molecule has 0 spiro atoms. The number of hydrogen-bond acceptors (Lipinski definition) is 4. The molecule has 0 unspecified atom stereocenters. The van der Waals surface area contributed by atoms with Crippen molar-refractivity contribution in [1.82, 2.24) is 25.5 Å². The number of aromatic nitrogens is 4. The quantitative estimate of drug-likeness (QED) is 0.372. The summed E-state index contributed by atoms with van der Waals surface area (Å²) in [7, 11) is 0. The summed E-state index contributed by atoms with van der Waals surface area (Å²) < 4.78 is 13.6. The minimum atomic E-state index is -0.179. The van der Waals surface area contributed by atoms with Crippen molar-refractivity contribution < 1.29 is 4.39 Å². The Morgan fingerprint density at radius 3 is 2.87 bits per heavy atom. The minimum absolute atomic E-state index is 0.179. The van der Waals surface area contributed by atoms with E-state index in [1.54, 1.807) is 0 Å². The summed E-state index contributed by atoms with van der Waals surface area (Å²) in [5.41, 5.74) is 6.99. The molecule has 1 aliphatic heterocycles. The van der Waals surface area contributed by atoms with Gasteiger partial charge in [-0.05, 0) is 54.4 Å². The van der Waals surface area contributed by atoms with Gasteiger partial charge in [0.1, 0.15) is 5.69 Å². The van der Waals surface area contributed by atoms with Gasteiger partial charge < -0.3 is 10.3 Å². The highest BCUT2D eigenvalue weighted by Gasteiger charge is 2.16. The third kappa shape index (κ3) is 2.86. The van der Waals surface area contributed by atoms with Crippen LogP contribution in [0, 0.1) is 5.13 Å². The standard InChI is InChI=1S/C23H18FN5S/c24-21-5-4-20(30-21)15-2-1-3-18-16(15)11-19(27-18)22-17-10-14(12-26-23(17)29-28-22)13-6-8-25-9-7-13/h1-6,10-12,25,27H,7-9H2,(H,26,28,29). The van der Waals surface area contributed by atoms with Gasteiger partial charge in [0, 0.05) is 39.5 Å². The summed E-state index contributed by atoms with van der Waals surface area (Å²) in [5.74, 6) is 0. The molecule has 1 aliphatic rings. The van der Waals surface area contributed by atoms with Gasteiger partial charge >= 0.3 is 0 Å². The van der Waals surface area contributed by atoms with Gasteiger partial charge in [-0.2, -0.15) is 9.49 Å². The van der Waals surface area contributed by atoms with Crippen LogP contribution in [-0.4, -0.2) is 33.3 Å². The topological polar surface area (TPSA) is 69.4 Å². The van der Waals surface area contributed by atoms with E-state index in [4.69, 9.17) is 0 Å². The Morgan fingerprint density at radius 2 is 2.03 bits per heavy atom. The fourth-order valence-electron chi connectivity index (χ4n) is 4.13. The Balaban J connectivity index is 1.49. The van der Waals surface area contributed by atoms with E-state index in [0.717, 1.165) is 80.2 Å². The number of nitrogens with zero attached hydrogens (tertiary/aromatic N) is 2. The summed E-state index contributed by atoms with van der Waals surface area (Å²) >= 11 is 1.16. The molecule has 0 bridgehead atoms. The molecule has 0 saturated carbocycles. The van der Waals surface area contributed by atoms with E-state index in [0.29, 0.717) is 0 Å². The van der Waals surface area contributed by atoms with Gasteiger partial charge in [-0.1, -0.05) is 18.2 Å². The van der Waals surface area contributed by atoms with E-state index in [1.165, 1.54) is 11.6 Å². The molecular weight excluding hydrogens is 397 g/mol. The second kappa shape index (κ2) is 6.90. The van der Waals surface area contributed by atoms with E-state index >= 15 is 0 Å². The summed E-state index contributed by atoms with van der Waals surface area (Å²) in [5, 5.41) is 12.8. The third-order valence-corrected chi connectivity index (χ3v) is 6.52. The first-order valence-electron chi connectivity index (χ1n) is 9.88. The molecule has 6 rings (SSSR count). The average Bonchev–Trinajstić information content (AvgIpc) is 3.51. The highest BCUT2D eigenvalue weighted by atomic mass is 32.1. The number of pyridine rings is 1. The number of fused-ring (bicyclic) bond motifs is 2. The van der Waals surface area contributed by atoms with Gasteiger partial charge in [-0.25, -0.2) is 4.98 Å². The van der Waals surface area contributed by atoms with Crippen LogP contribution >= 0.6 is 11.3 Å². The van der Waals surface area contributed by atoms with Crippen molar-refractivity contribution in [2.24, 2.45) is 0 Å². The van der Waals surface area contributed by atoms with Crippen LogP contribution in [-0.2, 0) is 0 Å². The van der Waals surface area contributed by atoms with Gasteiger partial charge in [0.05, 0.1) is 5.69 Å². The average molecular weight is 415 g/mol. The Morgan fingerprint density at radius 1 is 1.07 bits per heavy atom. The number of benzene rings is 1. The molecular formula is C23H18FN5S. The smallest absolute Gasteiger partial charge is 0.176 e. The molecule has 0 amide bonds. The van der Waals surface area contributed by atoms with Crippen LogP contribution in [0.25, 0.3) is 49.3 Å². The maximum Gasteiger partial charge on any atom is 0.176 e. The Bertz CT molecular complexity index is 1420. The summed E-state index contributed by atoms with van der Waals surface area (Å²) in [6.45, 7) is 1.87. The lowest BCUT2D eigenvalue weighted by Crippen LogP contribution is -2.20. The first kappa shape index (κ1) is 17.6. The highest BCUT2D eigenvalue weighted by Crippen LogP contribution is 2.36. The number of H-pyrrole nitrogens is 2. The Hall–Kier alpha value is -3.29. The zero-order chi connectivity index (χ0) is 20.1. The second-order valence-corrected chi connectivity index (χ2v) is 8.46. The molecule has 5 nitrogen and oxygen atoms in total. The molecule has 0 saturated heterocycles. The number of hydrogen-bond donors (Lipinski definition) is 3. The van der Waals surface area contributed by atoms with Gasteiger partial charge in [-0.15, -0.1) is 11.3 Å². The summed E-state index contributed by atoms with van der Waals surface area (Å²) in [4.78, 5) is 8.99. The van der Waals surface area contributed by atoms with Crippen LogP contribution in [0.15, 0.2) is 54.7 Å². The summed E-state index contributed by atoms with van der Waals surface area (Å²) in [6.07, 6.45) is 5.13. The predicted molar refractivity (Wildman–Crippen MR) is 120 cm³/mol. The highest BCUT2D eigenvalue weighted by molar-refractivity contribution is 7.14. The monoisotopic (exact) mass is 415 g/mol. The molecule has 0 aliphatic carbocycles. The molecule has 0 atom stereocenters. The normalized spacial score (nSPS) is 14.5. The van der Waals surface area contributed by atoms with Gasteiger partial charge in [0.25, 0.3) is 0 Å². The number of nitrogens with one attached hydrogen (secondary N) is 3. The van der Waals surface area contributed by atoms with Gasteiger partial charge in [0.2, 0.25) is 0 Å². The molecule has 4 aromatic heterocycles. The second-order valence-electron chi connectivity index (χ2n) is 7.43. The van der Waals surface area contributed by atoms with E-state index in [1.807, 2.05) is 30.5 Å². The molecule has 1 aromatic carbocycles. The van der Waals surface area contributed by atoms with E-state index < -0.39 is 0 Å². The van der Waals surface area contributed by atoms with Crippen LogP contribution in [0.4, 0.5) is 4.39 Å². The SMILES string of the molecule is Fc1ccc(-c2cccc3[nH]c(-c4n[nH]c5ncc(C6=CCNCC6)cc45)cc23)s1. The lowest BCUT2D eigenvalue weighted by atomic mass is 10.0. The maximum absolute atomic E-state index is 13.6. The number of rotatable bonds is 3. The lowest BCUT2D eigenvalue weighted by Gasteiger charge is -2.13. The molecule has 0 fully saturated rings. The predicted octanol–water partition coefficient (Wildman–Crippen LogP) is 5.35. The fraction of sp³-hybridized carbons (Fsp3) is 0.130. The summed E-state index contributed by atoms with van der Waals surface area (Å²) in [6, 6.07) is 13.6. The lowest BCUT2D eigenvalue weighted by molar-refractivity contribution is 0.657. The zero-order valence-electron chi connectivity index (χ0n) is 16.0. The van der Waals surface area contributed by atoms with E-state index in [-0.39, 0.29) is 5.13 Å². The maximum atomic E-state index is 13.6. The molecule has 7 heteroatoms. The molecule has 5 heterocycles. The molecule has 148 valence electrons. The van der Waals surface area contributed by atoms with Crippen molar-refractivity contribution in [3.8, 4) is 21.8 Å². The fourth-order valence-corrected chi connectivity index (χ4v) is 4.90. The minimum Gasteiger partial charge on any atom is -0.353 e. The Kier molecular flexibility index (Phi) is 4.04. The van der Waals surface area contributed by atoms with Crippen LogP contribution in [0.2, 0.25) is 0 Å². The van der Waals surface area contributed by atoms with Crippen molar-refractivity contribution in [3.63, 3.8) is 0 Å². The number of halogens is 1. The van der Waals surface area contributed by atoms with Crippen molar-refractivity contribution >= 4 is 38.8 Å². The van der Waals surface area contributed by atoms with Crippen molar-refractivity contribution in [1.29, 1.82) is 0 Å². The van der Waals surface area contributed by atoms with Crippen molar-refractivity contribution in [3.05, 3.63) is 65.4 Å². The van der Waals surface area contributed by atoms with E-state index in [2.05, 4.69) is 43.7 Å². The first-order chi connectivity index (χ1) is 14.8. The molecule has 0 radical (unpaired) electrons. The van der Waals surface area contributed by atoms with Gasteiger partial charge in [-0.3, -0.25) is 5.10 Å². The Labute approximate surface area is 175 Å². The first-order valence-corrected chi connectivity index (χ1v) is 10.7. The number of aromatic amines is 2. The van der Waals surface area contributed by atoms with Crippen LogP contribution in [0.3, 0.4) is 0 Å². The largest absolute Gasteiger partial charge is 0.353 e. The van der Waals surface area contributed by atoms with Crippen molar-refractivity contribution in [2.75, 3.05) is 13.1 Å². The molecule has 3 N–H and O–H groups in total. The molecule has 30 heavy (non-hydrogen) atoms. The zero-order valence-corrected chi connectivity index (χ0v) is 16.8. The van der Waals surface area contributed by atoms with Gasteiger partial charge in [0.15, 0.2) is 10.8 Å².